The normalized spacial score (nSPS) is 11.1. The number of hydrogen-bond acceptors (Lipinski definition) is 4. The van der Waals surface area contributed by atoms with Gasteiger partial charge in [-0.3, -0.25) is 13.9 Å². The van der Waals surface area contributed by atoms with Crippen LogP contribution in [0, 0.1) is 0 Å². The van der Waals surface area contributed by atoms with Crippen molar-refractivity contribution in [2.24, 2.45) is 14.1 Å². The Morgan fingerprint density at radius 1 is 1.04 bits per heavy atom. The second kappa shape index (κ2) is 7.78. The molecular weight excluding hydrogens is 340 g/mol. The fraction of sp³-hybridized carbons (Fsp3) is 0.381. The molecule has 3 aromatic rings. The molecule has 0 radical (unpaired) electrons. The lowest BCUT2D eigenvalue weighted by Gasteiger charge is -2.16. The molecular formula is C21H26N4O2. The molecule has 2 heterocycles. The smallest absolute Gasteiger partial charge is 0.332 e. The molecule has 1 aromatic carbocycles. The number of pyridine rings is 1. The lowest BCUT2D eigenvalue weighted by Crippen LogP contribution is -2.37. The molecule has 27 heavy (non-hydrogen) atoms. The van der Waals surface area contributed by atoms with Crippen LogP contribution in [0.3, 0.4) is 0 Å². The van der Waals surface area contributed by atoms with Crippen LogP contribution in [0.25, 0.3) is 11.0 Å². The molecule has 0 spiro atoms. The Morgan fingerprint density at radius 3 is 2.37 bits per heavy atom. The molecule has 0 aliphatic rings. The fourth-order valence-electron chi connectivity index (χ4n) is 3.26. The minimum atomic E-state index is -0.379. The lowest BCUT2D eigenvalue weighted by atomic mass is 10.1. The summed E-state index contributed by atoms with van der Waals surface area (Å²) < 4.78 is 2.54. The van der Waals surface area contributed by atoms with E-state index in [1.54, 1.807) is 13.2 Å². The van der Waals surface area contributed by atoms with Gasteiger partial charge in [0.15, 0.2) is 5.65 Å². The van der Waals surface area contributed by atoms with Crippen molar-refractivity contribution in [1.82, 2.24) is 14.1 Å². The van der Waals surface area contributed by atoms with Crippen LogP contribution in [0.4, 0.5) is 11.4 Å². The maximum absolute atomic E-state index is 12.8. The van der Waals surface area contributed by atoms with E-state index in [1.165, 1.54) is 30.0 Å². The van der Waals surface area contributed by atoms with Gasteiger partial charge in [0, 0.05) is 26.0 Å². The highest BCUT2D eigenvalue weighted by Crippen LogP contribution is 2.27. The zero-order valence-corrected chi connectivity index (χ0v) is 16.4. The number of aryl methyl sites for hydroxylation is 3. The average Bonchev–Trinajstić information content (AvgIpc) is 2.69. The summed E-state index contributed by atoms with van der Waals surface area (Å²) in [7, 11) is 3.13. The lowest BCUT2D eigenvalue weighted by molar-refractivity contribution is 0.707. The molecule has 0 fully saturated rings. The molecule has 0 unspecified atom stereocenters. The topological polar surface area (TPSA) is 68.9 Å². The second-order valence-electron chi connectivity index (χ2n) is 6.84. The molecule has 0 saturated carbocycles. The van der Waals surface area contributed by atoms with E-state index in [4.69, 9.17) is 0 Å². The zero-order valence-electron chi connectivity index (χ0n) is 16.4. The summed E-state index contributed by atoms with van der Waals surface area (Å²) in [5.41, 5.74) is 3.55. The van der Waals surface area contributed by atoms with Gasteiger partial charge in [-0.25, -0.2) is 9.78 Å². The number of hydrogen-bond donors (Lipinski definition) is 1. The minimum Gasteiger partial charge on any atom is -0.354 e. The van der Waals surface area contributed by atoms with Gasteiger partial charge in [-0.05, 0) is 42.5 Å². The Labute approximate surface area is 158 Å². The van der Waals surface area contributed by atoms with Gasteiger partial charge in [-0.2, -0.15) is 0 Å². The summed E-state index contributed by atoms with van der Waals surface area (Å²) in [5, 5.41) is 3.83. The summed E-state index contributed by atoms with van der Waals surface area (Å²) in [6.07, 6.45) is 5.87. The minimum absolute atomic E-state index is 0.335. The second-order valence-corrected chi connectivity index (χ2v) is 6.84. The van der Waals surface area contributed by atoms with Crippen LogP contribution in [0.5, 0.6) is 0 Å². The highest BCUT2D eigenvalue weighted by molar-refractivity contribution is 5.92. The van der Waals surface area contributed by atoms with E-state index in [0.717, 1.165) is 34.3 Å². The Kier molecular flexibility index (Phi) is 5.44. The van der Waals surface area contributed by atoms with E-state index in [2.05, 4.69) is 29.4 Å². The van der Waals surface area contributed by atoms with E-state index in [9.17, 15) is 9.59 Å². The summed E-state index contributed by atoms with van der Waals surface area (Å²) in [4.78, 5) is 29.4. The number of rotatable bonds is 6. The van der Waals surface area contributed by atoms with Crippen molar-refractivity contribution in [3.63, 3.8) is 0 Å². The van der Waals surface area contributed by atoms with Gasteiger partial charge >= 0.3 is 5.69 Å². The highest BCUT2D eigenvalue weighted by Gasteiger charge is 2.16. The quantitative estimate of drug-likeness (QED) is 0.727. The van der Waals surface area contributed by atoms with Crippen molar-refractivity contribution < 1.29 is 0 Å². The third kappa shape index (κ3) is 3.52. The van der Waals surface area contributed by atoms with Gasteiger partial charge in [0.2, 0.25) is 0 Å². The van der Waals surface area contributed by atoms with E-state index in [1.807, 2.05) is 19.1 Å². The summed E-state index contributed by atoms with van der Waals surface area (Å²) in [6.45, 7) is 4.21. The Morgan fingerprint density at radius 2 is 1.74 bits per heavy atom. The summed E-state index contributed by atoms with van der Waals surface area (Å²) >= 11 is 0. The van der Waals surface area contributed by atoms with Crippen LogP contribution in [-0.4, -0.2) is 14.1 Å². The van der Waals surface area contributed by atoms with Crippen LogP contribution in [0.15, 0.2) is 40.1 Å². The molecule has 0 aliphatic heterocycles. The summed E-state index contributed by atoms with van der Waals surface area (Å²) in [6, 6.07) is 8.29. The number of nitrogens with one attached hydrogen (secondary N) is 1. The number of unbranched alkanes of at least 4 members (excludes halogenated alkanes) is 1. The summed E-state index contributed by atoms with van der Waals surface area (Å²) in [5.74, 6) is 0. The van der Waals surface area contributed by atoms with E-state index >= 15 is 0 Å². The van der Waals surface area contributed by atoms with Crippen LogP contribution in [0.1, 0.15) is 37.8 Å². The first kappa shape index (κ1) is 18.9. The standard InChI is InChI=1S/C21H26N4O2/c1-5-7-8-14-9-11-16(12-10-14)23-18-15(6-2)13-22-19-17(18)20(26)25(4)21(27)24(19)3/h9-13H,5-8H2,1-4H3,(H,22,23). The Balaban J connectivity index is 2.13. The number of aromatic nitrogens is 3. The van der Waals surface area contributed by atoms with Gasteiger partial charge in [0.05, 0.1) is 5.69 Å². The predicted molar refractivity (Wildman–Crippen MR) is 110 cm³/mol. The van der Waals surface area contributed by atoms with E-state index < -0.39 is 0 Å². The molecule has 0 saturated heterocycles. The maximum atomic E-state index is 12.8. The molecule has 2 aromatic heterocycles. The largest absolute Gasteiger partial charge is 0.354 e. The zero-order chi connectivity index (χ0) is 19.6. The molecule has 142 valence electrons. The number of anilines is 2. The fourth-order valence-corrected chi connectivity index (χ4v) is 3.26. The van der Waals surface area contributed by atoms with Crippen molar-refractivity contribution in [2.75, 3.05) is 5.32 Å². The van der Waals surface area contributed by atoms with Crippen LogP contribution >= 0.6 is 0 Å². The van der Waals surface area contributed by atoms with Crippen LogP contribution < -0.4 is 16.6 Å². The molecule has 3 rings (SSSR count). The van der Waals surface area contributed by atoms with Gasteiger partial charge in [-0.1, -0.05) is 32.4 Å². The van der Waals surface area contributed by atoms with Crippen LogP contribution in [-0.2, 0) is 26.9 Å². The first-order chi connectivity index (χ1) is 13.0. The average molecular weight is 366 g/mol. The first-order valence-corrected chi connectivity index (χ1v) is 9.41. The van der Waals surface area contributed by atoms with Crippen molar-refractivity contribution >= 4 is 22.4 Å². The highest BCUT2D eigenvalue weighted by atomic mass is 16.2. The van der Waals surface area contributed by atoms with Gasteiger partial charge in [0.25, 0.3) is 5.56 Å². The van der Waals surface area contributed by atoms with Crippen molar-refractivity contribution in [3.8, 4) is 0 Å². The maximum Gasteiger partial charge on any atom is 0.332 e. The number of benzene rings is 1. The van der Waals surface area contributed by atoms with E-state index in [-0.39, 0.29) is 11.2 Å². The monoisotopic (exact) mass is 366 g/mol. The Hall–Kier alpha value is -2.89. The number of fused-ring (bicyclic) bond motifs is 1. The van der Waals surface area contributed by atoms with E-state index in [0.29, 0.717) is 11.0 Å². The van der Waals surface area contributed by atoms with Crippen molar-refractivity contribution in [3.05, 3.63) is 62.4 Å². The molecule has 0 atom stereocenters. The molecule has 6 heteroatoms. The van der Waals surface area contributed by atoms with Gasteiger partial charge < -0.3 is 5.32 Å². The predicted octanol–water partition coefficient (Wildman–Crippen LogP) is 3.28. The first-order valence-electron chi connectivity index (χ1n) is 9.41. The van der Waals surface area contributed by atoms with Gasteiger partial charge in [-0.15, -0.1) is 0 Å². The molecule has 0 aliphatic carbocycles. The number of nitrogens with zero attached hydrogens (tertiary/aromatic N) is 3. The third-order valence-corrected chi connectivity index (χ3v) is 4.97. The van der Waals surface area contributed by atoms with Crippen molar-refractivity contribution in [1.29, 1.82) is 0 Å². The third-order valence-electron chi connectivity index (χ3n) is 4.97. The molecule has 6 nitrogen and oxygen atoms in total. The van der Waals surface area contributed by atoms with Crippen LogP contribution in [0.2, 0.25) is 0 Å². The molecule has 0 amide bonds. The van der Waals surface area contributed by atoms with Crippen molar-refractivity contribution in [2.45, 2.75) is 39.5 Å². The Bertz CT molecular complexity index is 1080. The SMILES string of the molecule is CCCCc1ccc(Nc2c(CC)cnc3c2c(=O)n(C)c(=O)n3C)cc1. The van der Waals surface area contributed by atoms with Gasteiger partial charge in [0.1, 0.15) is 5.39 Å². The molecule has 1 N–H and O–H groups in total. The molecule has 0 bridgehead atoms.